The minimum absolute atomic E-state index is 0.536. The molecule has 17 heavy (non-hydrogen) atoms. The highest BCUT2D eigenvalue weighted by Gasteiger charge is 2.20. The van der Waals surface area contributed by atoms with Crippen LogP contribution in [0.15, 0.2) is 18.2 Å². The normalized spacial score (nSPS) is 20.7. The molecule has 1 saturated heterocycles. The van der Waals surface area contributed by atoms with Gasteiger partial charge in [0.25, 0.3) is 0 Å². The van der Waals surface area contributed by atoms with E-state index >= 15 is 0 Å². The number of nitrogens with two attached hydrogens (primary N) is 1. The molecule has 1 aliphatic heterocycles. The van der Waals surface area contributed by atoms with Gasteiger partial charge in [0.05, 0.1) is 17.3 Å². The first kappa shape index (κ1) is 12.5. The number of nitrogen functional groups attached to an aromatic ring is 1. The maximum Gasteiger partial charge on any atom is 0.143 e. The SMILES string of the molecule is CN1CCCC1CCOc1cccc(Cl)c1N. The van der Waals surface area contributed by atoms with E-state index in [0.717, 1.165) is 6.42 Å². The third-order valence-corrected chi connectivity index (χ3v) is 3.72. The number of likely N-dealkylation sites (tertiary alicyclic amines) is 1. The smallest absolute Gasteiger partial charge is 0.143 e. The summed E-state index contributed by atoms with van der Waals surface area (Å²) < 4.78 is 5.69. The topological polar surface area (TPSA) is 38.5 Å². The highest BCUT2D eigenvalue weighted by Crippen LogP contribution is 2.29. The molecule has 1 unspecified atom stereocenters. The van der Waals surface area contributed by atoms with Gasteiger partial charge in [-0.3, -0.25) is 0 Å². The van der Waals surface area contributed by atoms with Gasteiger partial charge in [-0.2, -0.15) is 0 Å². The number of nitrogens with zero attached hydrogens (tertiary/aromatic N) is 1. The van der Waals surface area contributed by atoms with E-state index in [1.165, 1.54) is 19.4 Å². The maximum absolute atomic E-state index is 5.93. The predicted molar refractivity (Wildman–Crippen MR) is 71.6 cm³/mol. The molecular weight excluding hydrogens is 236 g/mol. The number of ether oxygens (including phenoxy) is 1. The van der Waals surface area contributed by atoms with E-state index in [0.29, 0.717) is 29.1 Å². The lowest BCUT2D eigenvalue weighted by Crippen LogP contribution is -2.26. The lowest BCUT2D eigenvalue weighted by Gasteiger charge is -2.19. The van der Waals surface area contributed by atoms with E-state index < -0.39 is 0 Å². The van der Waals surface area contributed by atoms with Crippen molar-refractivity contribution in [2.24, 2.45) is 0 Å². The summed E-state index contributed by atoms with van der Waals surface area (Å²) in [6, 6.07) is 6.14. The molecule has 0 saturated carbocycles. The van der Waals surface area contributed by atoms with Gasteiger partial charge in [-0.05, 0) is 45.0 Å². The molecule has 2 rings (SSSR count). The molecule has 0 amide bonds. The number of hydrogen-bond acceptors (Lipinski definition) is 3. The summed E-state index contributed by atoms with van der Waals surface area (Å²) in [5.74, 6) is 0.693. The van der Waals surface area contributed by atoms with Crippen LogP contribution in [0, 0.1) is 0 Å². The summed E-state index contributed by atoms with van der Waals surface area (Å²) in [4.78, 5) is 2.39. The van der Waals surface area contributed by atoms with Crippen molar-refractivity contribution in [1.82, 2.24) is 4.90 Å². The largest absolute Gasteiger partial charge is 0.491 e. The number of para-hydroxylation sites is 1. The van der Waals surface area contributed by atoms with E-state index in [1.54, 1.807) is 6.07 Å². The first-order chi connectivity index (χ1) is 8.18. The Labute approximate surface area is 107 Å². The molecule has 94 valence electrons. The fourth-order valence-electron chi connectivity index (χ4n) is 2.29. The second kappa shape index (κ2) is 5.61. The Bertz CT molecular complexity index is 384. The van der Waals surface area contributed by atoms with E-state index in [4.69, 9.17) is 22.1 Å². The summed E-state index contributed by atoms with van der Waals surface area (Å²) in [6.45, 7) is 1.89. The lowest BCUT2D eigenvalue weighted by atomic mass is 10.1. The van der Waals surface area contributed by atoms with Gasteiger partial charge in [0.15, 0.2) is 0 Å². The summed E-state index contributed by atoms with van der Waals surface area (Å²) in [5.41, 5.74) is 6.37. The molecule has 1 atom stereocenters. The van der Waals surface area contributed by atoms with Crippen molar-refractivity contribution in [3.63, 3.8) is 0 Å². The molecule has 1 fully saturated rings. The zero-order chi connectivity index (χ0) is 12.3. The highest BCUT2D eigenvalue weighted by molar-refractivity contribution is 6.33. The molecule has 1 aromatic rings. The van der Waals surface area contributed by atoms with Crippen LogP contribution in [0.3, 0.4) is 0 Å². The van der Waals surface area contributed by atoms with E-state index in [1.807, 2.05) is 12.1 Å². The van der Waals surface area contributed by atoms with Crippen molar-refractivity contribution < 1.29 is 4.74 Å². The average Bonchev–Trinajstić information content (AvgIpc) is 2.71. The third kappa shape index (κ3) is 3.05. The molecule has 1 aliphatic rings. The molecule has 0 bridgehead atoms. The second-order valence-electron chi connectivity index (χ2n) is 4.57. The Balaban J connectivity index is 1.84. The Kier molecular flexibility index (Phi) is 4.13. The number of halogens is 1. The number of rotatable bonds is 4. The van der Waals surface area contributed by atoms with Gasteiger partial charge in [-0.25, -0.2) is 0 Å². The molecular formula is C13H19ClN2O. The second-order valence-corrected chi connectivity index (χ2v) is 4.97. The molecule has 4 heteroatoms. The van der Waals surface area contributed by atoms with Crippen LogP contribution in [0.1, 0.15) is 19.3 Å². The Morgan fingerprint density at radius 1 is 1.53 bits per heavy atom. The Morgan fingerprint density at radius 2 is 2.35 bits per heavy atom. The molecule has 1 aromatic carbocycles. The molecule has 0 spiro atoms. The van der Waals surface area contributed by atoms with Crippen molar-refractivity contribution >= 4 is 17.3 Å². The fraction of sp³-hybridized carbons (Fsp3) is 0.538. The summed E-state index contributed by atoms with van der Waals surface area (Å²) >= 11 is 5.93. The number of benzene rings is 1. The van der Waals surface area contributed by atoms with Gasteiger partial charge in [0.1, 0.15) is 5.75 Å². The molecule has 0 radical (unpaired) electrons. The molecule has 2 N–H and O–H groups in total. The third-order valence-electron chi connectivity index (χ3n) is 3.39. The van der Waals surface area contributed by atoms with Crippen molar-refractivity contribution in [3.05, 3.63) is 23.2 Å². The first-order valence-corrected chi connectivity index (χ1v) is 6.43. The first-order valence-electron chi connectivity index (χ1n) is 6.05. The van der Waals surface area contributed by atoms with Crippen molar-refractivity contribution in [3.8, 4) is 5.75 Å². The van der Waals surface area contributed by atoms with Crippen LogP contribution in [0.2, 0.25) is 5.02 Å². The average molecular weight is 255 g/mol. The summed E-state index contributed by atoms with van der Waals surface area (Å²) in [5, 5.41) is 0.556. The van der Waals surface area contributed by atoms with E-state index in [2.05, 4.69) is 11.9 Å². The zero-order valence-electron chi connectivity index (χ0n) is 10.2. The predicted octanol–water partition coefficient (Wildman–Crippen LogP) is 2.79. The van der Waals surface area contributed by atoms with Gasteiger partial charge in [-0.15, -0.1) is 0 Å². The van der Waals surface area contributed by atoms with Crippen LogP contribution in [0.25, 0.3) is 0 Å². The van der Waals surface area contributed by atoms with Crippen molar-refractivity contribution in [2.75, 3.05) is 25.9 Å². The van der Waals surface area contributed by atoms with Crippen LogP contribution in [-0.2, 0) is 0 Å². The Hall–Kier alpha value is -0.930. The standard InChI is InChI=1S/C13H19ClN2O/c1-16-8-3-4-10(16)7-9-17-12-6-2-5-11(14)13(12)15/h2,5-6,10H,3-4,7-9,15H2,1H3. The minimum atomic E-state index is 0.536. The van der Waals surface area contributed by atoms with Crippen molar-refractivity contribution in [1.29, 1.82) is 0 Å². The van der Waals surface area contributed by atoms with Gasteiger partial charge >= 0.3 is 0 Å². The van der Waals surface area contributed by atoms with Crippen LogP contribution in [-0.4, -0.2) is 31.1 Å². The maximum atomic E-state index is 5.93. The zero-order valence-corrected chi connectivity index (χ0v) is 10.9. The molecule has 1 heterocycles. The quantitative estimate of drug-likeness (QED) is 0.840. The summed E-state index contributed by atoms with van der Waals surface area (Å²) in [7, 11) is 2.17. The van der Waals surface area contributed by atoms with Crippen LogP contribution >= 0.6 is 11.6 Å². The Morgan fingerprint density at radius 3 is 3.06 bits per heavy atom. The van der Waals surface area contributed by atoms with Crippen LogP contribution in [0.4, 0.5) is 5.69 Å². The highest BCUT2D eigenvalue weighted by atomic mass is 35.5. The fourth-order valence-corrected chi connectivity index (χ4v) is 2.46. The lowest BCUT2D eigenvalue weighted by molar-refractivity contribution is 0.234. The number of hydrogen-bond donors (Lipinski definition) is 1. The number of anilines is 1. The van der Waals surface area contributed by atoms with Crippen molar-refractivity contribution in [2.45, 2.75) is 25.3 Å². The van der Waals surface area contributed by atoms with E-state index in [9.17, 15) is 0 Å². The summed E-state index contributed by atoms with van der Waals surface area (Å²) in [6.07, 6.45) is 3.60. The molecule has 3 nitrogen and oxygen atoms in total. The minimum Gasteiger partial charge on any atom is -0.491 e. The van der Waals surface area contributed by atoms with Crippen LogP contribution < -0.4 is 10.5 Å². The van der Waals surface area contributed by atoms with E-state index in [-0.39, 0.29) is 0 Å². The monoisotopic (exact) mass is 254 g/mol. The molecule has 0 aliphatic carbocycles. The molecule has 0 aromatic heterocycles. The van der Waals surface area contributed by atoms with Gasteiger partial charge < -0.3 is 15.4 Å². The van der Waals surface area contributed by atoms with Crippen LogP contribution in [0.5, 0.6) is 5.75 Å². The van der Waals surface area contributed by atoms with Gasteiger partial charge in [-0.1, -0.05) is 17.7 Å². The van der Waals surface area contributed by atoms with Gasteiger partial charge in [0, 0.05) is 6.04 Å². The van der Waals surface area contributed by atoms with Gasteiger partial charge in [0.2, 0.25) is 0 Å².